The Bertz CT molecular complexity index is 640. The standard InChI is InChI=1S/C15H15N3O2/c1-11-14-5-3-2-4-12(14)8-9-17(11)15-7-6-13(10-16-15)18(19)20/h2-7,10-11H,8-9H2,1H3. The summed E-state index contributed by atoms with van der Waals surface area (Å²) in [6, 6.07) is 11.9. The number of pyridine rings is 1. The number of rotatable bonds is 2. The summed E-state index contributed by atoms with van der Waals surface area (Å²) >= 11 is 0. The summed E-state index contributed by atoms with van der Waals surface area (Å²) in [4.78, 5) is 16.7. The van der Waals surface area contributed by atoms with Crippen molar-refractivity contribution < 1.29 is 4.92 Å². The van der Waals surface area contributed by atoms with Crippen LogP contribution < -0.4 is 4.90 Å². The van der Waals surface area contributed by atoms with E-state index >= 15 is 0 Å². The van der Waals surface area contributed by atoms with Crippen molar-refractivity contribution in [2.45, 2.75) is 19.4 Å². The lowest BCUT2D eigenvalue weighted by Crippen LogP contribution is -2.34. The first kappa shape index (κ1) is 12.6. The molecule has 0 bridgehead atoms. The van der Waals surface area contributed by atoms with Gasteiger partial charge in [0.05, 0.1) is 11.0 Å². The van der Waals surface area contributed by atoms with Crippen LogP contribution in [-0.4, -0.2) is 16.5 Å². The lowest BCUT2D eigenvalue weighted by molar-refractivity contribution is -0.385. The minimum Gasteiger partial charge on any atom is -0.350 e. The predicted octanol–water partition coefficient (Wildman–Crippen LogP) is 3.11. The van der Waals surface area contributed by atoms with Gasteiger partial charge in [0.15, 0.2) is 0 Å². The molecule has 20 heavy (non-hydrogen) atoms. The van der Waals surface area contributed by atoms with E-state index in [4.69, 9.17) is 0 Å². The average Bonchev–Trinajstić information content (AvgIpc) is 2.48. The molecular weight excluding hydrogens is 254 g/mol. The molecule has 2 heterocycles. The number of benzene rings is 1. The van der Waals surface area contributed by atoms with E-state index in [0.717, 1.165) is 18.8 Å². The Hall–Kier alpha value is -2.43. The maximum Gasteiger partial charge on any atom is 0.287 e. The average molecular weight is 269 g/mol. The van der Waals surface area contributed by atoms with Crippen molar-refractivity contribution in [3.63, 3.8) is 0 Å². The van der Waals surface area contributed by atoms with E-state index in [1.807, 2.05) is 6.07 Å². The zero-order valence-electron chi connectivity index (χ0n) is 11.2. The van der Waals surface area contributed by atoms with E-state index in [9.17, 15) is 10.1 Å². The van der Waals surface area contributed by atoms with Crippen molar-refractivity contribution >= 4 is 11.5 Å². The zero-order chi connectivity index (χ0) is 14.1. The van der Waals surface area contributed by atoms with Gasteiger partial charge in [-0.3, -0.25) is 10.1 Å². The van der Waals surface area contributed by atoms with Crippen LogP contribution in [0.2, 0.25) is 0 Å². The number of aromatic nitrogens is 1. The Kier molecular flexibility index (Phi) is 3.10. The summed E-state index contributed by atoms with van der Waals surface area (Å²) in [6.45, 7) is 3.02. The summed E-state index contributed by atoms with van der Waals surface area (Å²) in [7, 11) is 0. The Morgan fingerprint density at radius 2 is 2.10 bits per heavy atom. The van der Waals surface area contributed by atoms with E-state index in [-0.39, 0.29) is 11.7 Å². The molecule has 1 aromatic carbocycles. The number of hydrogen-bond donors (Lipinski definition) is 0. The lowest BCUT2D eigenvalue weighted by Gasteiger charge is -2.36. The predicted molar refractivity (Wildman–Crippen MR) is 76.8 cm³/mol. The zero-order valence-corrected chi connectivity index (χ0v) is 11.2. The fraction of sp³-hybridized carbons (Fsp3) is 0.267. The Morgan fingerprint density at radius 1 is 1.30 bits per heavy atom. The van der Waals surface area contributed by atoms with Gasteiger partial charge in [-0.15, -0.1) is 0 Å². The quantitative estimate of drug-likeness (QED) is 0.621. The minimum atomic E-state index is -0.425. The van der Waals surface area contributed by atoms with Crippen molar-refractivity contribution in [3.8, 4) is 0 Å². The third-order valence-corrected chi connectivity index (χ3v) is 3.83. The molecule has 0 saturated carbocycles. The summed E-state index contributed by atoms with van der Waals surface area (Å²) in [5.41, 5.74) is 2.70. The second kappa shape index (κ2) is 4.92. The Balaban J connectivity index is 1.90. The molecule has 1 aliphatic rings. The number of nitro groups is 1. The summed E-state index contributed by atoms with van der Waals surface area (Å²) < 4.78 is 0. The van der Waals surface area contributed by atoms with Crippen molar-refractivity contribution in [3.05, 3.63) is 63.8 Å². The molecule has 0 spiro atoms. The van der Waals surface area contributed by atoms with Crippen LogP contribution in [0.25, 0.3) is 0 Å². The minimum absolute atomic E-state index is 0.0267. The van der Waals surface area contributed by atoms with E-state index in [1.165, 1.54) is 23.4 Å². The lowest BCUT2D eigenvalue weighted by atomic mass is 9.94. The molecule has 3 rings (SSSR count). The van der Waals surface area contributed by atoms with E-state index < -0.39 is 4.92 Å². The van der Waals surface area contributed by atoms with Crippen LogP contribution in [-0.2, 0) is 6.42 Å². The molecular formula is C15H15N3O2. The smallest absolute Gasteiger partial charge is 0.287 e. The first-order chi connectivity index (χ1) is 9.66. The topological polar surface area (TPSA) is 59.3 Å². The van der Waals surface area contributed by atoms with E-state index in [0.29, 0.717) is 0 Å². The van der Waals surface area contributed by atoms with Gasteiger partial charge in [-0.05, 0) is 30.5 Å². The highest BCUT2D eigenvalue weighted by Crippen LogP contribution is 2.32. The van der Waals surface area contributed by atoms with E-state index in [1.54, 1.807) is 6.07 Å². The third kappa shape index (κ3) is 2.11. The van der Waals surface area contributed by atoms with E-state index in [2.05, 4.69) is 35.0 Å². The van der Waals surface area contributed by atoms with Crippen LogP contribution >= 0.6 is 0 Å². The van der Waals surface area contributed by atoms with Gasteiger partial charge in [0, 0.05) is 12.6 Å². The second-order valence-electron chi connectivity index (χ2n) is 4.95. The van der Waals surface area contributed by atoms with Crippen LogP contribution in [0.5, 0.6) is 0 Å². The molecule has 102 valence electrons. The number of anilines is 1. The Morgan fingerprint density at radius 3 is 2.80 bits per heavy atom. The fourth-order valence-corrected chi connectivity index (χ4v) is 2.74. The first-order valence-corrected chi connectivity index (χ1v) is 6.61. The maximum absolute atomic E-state index is 10.7. The van der Waals surface area contributed by atoms with Gasteiger partial charge in [0.2, 0.25) is 0 Å². The van der Waals surface area contributed by atoms with Crippen LogP contribution in [0.3, 0.4) is 0 Å². The van der Waals surface area contributed by atoms with Crippen LogP contribution in [0, 0.1) is 10.1 Å². The van der Waals surface area contributed by atoms with Gasteiger partial charge in [0.1, 0.15) is 12.0 Å². The summed E-state index contributed by atoms with van der Waals surface area (Å²) in [6.07, 6.45) is 2.29. The second-order valence-corrected chi connectivity index (χ2v) is 4.95. The molecule has 5 nitrogen and oxygen atoms in total. The highest BCUT2D eigenvalue weighted by molar-refractivity contribution is 5.49. The number of fused-ring (bicyclic) bond motifs is 1. The van der Waals surface area contributed by atoms with Crippen LogP contribution in [0.1, 0.15) is 24.1 Å². The van der Waals surface area contributed by atoms with Crippen molar-refractivity contribution in [1.29, 1.82) is 0 Å². The van der Waals surface area contributed by atoms with Crippen LogP contribution in [0.15, 0.2) is 42.6 Å². The highest BCUT2D eigenvalue weighted by Gasteiger charge is 2.24. The SMILES string of the molecule is CC1c2ccccc2CCN1c1ccc([N+](=O)[O-])cn1. The van der Waals surface area contributed by atoms with Gasteiger partial charge >= 0.3 is 0 Å². The van der Waals surface area contributed by atoms with Gasteiger partial charge in [-0.25, -0.2) is 4.98 Å². The molecule has 0 fully saturated rings. The van der Waals surface area contributed by atoms with Crippen molar-refractivity contribution in [1.82, 2.24) is 4.98 Å². The van der Waals surface area contributed by atoms with Gasteiger partial charge < -0.3 is 4.90 Å². The molecule has 2 aromatic rings. The van der Waals surface area contributed by atoms with Gasteiger partial charge in [0.25, 0.3) is 5.69 Å². The maximum atomic E-state index is 10.7. The molecule has 0 aliphatic carbocycles. The van der Waals surface area contributed by atoms with Gasteiger partial charge in [-0.2, -0.15) is 0 Å². The third-order valence-electron chi connectivity index (χ3n) is 3.83. The number of hydrogen-bond acceptors (Lipinski definition) is 4. The highest BCUT2D eigenvalue weighted by atomic mass is 16.6. The van der Waals surface area contributed by atoms with Crippen LogP contribution in [0.4, 0.5) is 11.5 Å². The molecule has 1 unspecified atom stereocenters. The molecule has 5 heteroatoms. The molecule has 1 aromatic heterocycles. The monoisotopic (exact) mass is 269 g/mol. The summed E-state index contributed by atoms with van der Waals surface area (Å²) in [5.74, 6) is 0.789. The first-order valence-electron chi connectivity index (χ1n) is 6.61. The largest absolute Gasteiger partial charge is 0.350 e. The molecule has 0 radical (unpaired) electrons. The molecule has 1 atom stereocenters. The Labute approximate surface area is 117 Å². The summed E-state index contributed by atoms with van der Waals surface area (Å²) in [5, 5.41) is 10.7. The molecule has 0 amide bonds. The molecule has 0 saturated heterocycles. The van der Waals surface area contributed by atoms with Gasteiger partial charge in [-0.1, -0.05) is 24.3 Å². The molecule has 0 N–H and O–H groups in total. The van der Waals surface area contributed by atoms with Crippen molar-refractivity contribution in [2.24, 2.45) is 0 Å². The molecule has 1 aliphatic heterocycles. The number of nitrogens with zero attached hydrogens (tertiary/aromatic N) is 3. The normalized spacial score (nSPS) is 17.6. The van der Waals surface area contributed by atoms with Crippen molar-refractivity contribution in [2.75, 3.05) is 11.4 Å². The fourth-order valence-electron chi connectivity index (χ4n) is 2.74.